The lowest BCUT2D eigenvalue weighted by atomic mass is 9.98. The number of fused-ring (bicyclic) bond motifs is 12. The second-order valence-corrected chi connectivity index (χ2v) is 16.6. The average Bonchev–Trinajstić information content (AvgIpc) is 4.10. The standard InChI is InChI=1S/C58H35N5O/c1-2-9-40(10-3-1)61-54-26-22-41(33-47(54)49-35-59-30-28-55(49)61)62-50-13-6-4-11-43(50)45-31-38(20-24-52(45)62)36-16-18-37(19-17-36)39-21-25-53-46(32-39)44-12-5-7-14-51(44)63(53)42-23-27-56-48(34-42)58-57(64-56)15-8-29-60-58/h1-35H. The molecule has 0 radical (unpaired) electrons. The fraction of sp³-hybridized carbons (Fsp3) is 0. The number of para-hydroxylation sites is 3. The van der Waals surface area contributed by atoms with Gasteiger partial charge in [0, 0.05) is 73.4 Å². The molecule has 0 N–H and O–H groups in total. The molecule has 0 aliphatic rings. The van der Waals surface area contributed by atoms with E-state index in [0.717, 1.165) is 66.6 Å². The predicted molar refractivity (Wildman–Crippen MR) is 263 cm³/mol. The summed E-state index contributed by atoms with van der Waals surface area (Å²) in [4.78, 5) is 9.19. The van der Waals surface area contributed by atoms with E-state index in [1.54, 1.807) is 0 Å². The quantitative estimate of drug-likeness (QED) is 0.174. The van der Waals surface area contributed by atoms with E-state index in [4.69, 9.17) is 4.42 Å². The third kappa shape index (κ3) is 5.08. The lowest BCUT2D eigenvalue weighted by molar-refractivity contribution is 0.668. The Balaban J connectivity index is 0.842. The summed E-state index contributed by atoms with van der Waals surface area (Å²) in [5.41, 5.74) is 17.6. The first kappa shape index (κ1) is 34.9. The topological polar surface area (TPSA) is 53.7 Å². The van der Waals surface area contributed by atoms with E-state index in [1.807, 2.05) is 30.7 Å². The smallest absolute Gasteiger partial charge is 0.153 e. The first-order valence-corrected chi connectivity index (χ1v) is 21.6. The number of hydrogen-bond donors (Lipinski definition) is 0. The first-order valence-electron chi connectivity index (χ1n) is 21.6. The van der Waals surface area contributed by atoms with Gasteiger partial charge in [-0.2, -0.15) is 0 Å². The van der Waals surface area contributed by atoms with Gasteiger partial charge in [-0.05, 0) is 125 Å². The van der Waals surface area contributed by atoms with Crippen LogP contribution in [0.1, 0.15) is 0 Å². The molecule has 0 aliphatic carbocycles. The summed E-state index contributed by atoms with van der Waals surface area (Å²) >= 11 is 0. The van der Waals surface area contributed by atoms with Crippen molar-refractivity contribution in [3.05, 3.63) is 213 Å². The molecule has 298 valence electrons. The van der Waals surface area contributed by atoms with Crippen LogP contribution in [0.15, 0.2) is 217 Å². The second kappa shape index (κ2) is 13.4. The molecule has 0 spiro atoms. The molecular formula is C58H35N5O. The average molecular weight is 818 g/mol. The Hall–Kier alpha value is -8.74. The lowest BCUT2D eigenvalue weighted by Crippen LogP contribution is -1.95. The van der Waals surface area contributed by atoms with E-state index in [1.165, 1.54) is 60.2 Å². The van der Waals surface area contributed by atoms with Gasteiger partial charge in [0.25, 0.3) is 0 Å². The molecule has 0 bridgehead atoms. The SMILES string of the molecule is c1ccc(-n2c3ccncc3c3cc(-n4c5ccccc5c5cc(-c6ccc(-c7ccc8c(c7)c7ccccc7n8-c7ccc8oc9cccnc9c8c7)cc6)ccc54)ccc32)cc1. The minimum atomic E-state index is 0.799. The zero-order chi connectivity index (χ0) is 41.9. The highest BCUT2D eigenvalue weighted by molar-refractivity contribution is 6.14. The molecule has 0 fully saturated rings. The maximum absolute atomic E-state index is 6.11. The van der Waals surface area contributed by atoms with Crippen LogP contribution < -0.4 is 0 Å². The van der Waals surface area contributed by atoms with Crippen LogP contribution in [0.25, 0.3) is 127 Å². The molecular weight excluding hydrogens is 783 g/mol. The summed E-state index contributed by atoms with van der Waals surface area (Å²) in [6, 6.07) is 70.0. The normalized spacial score (nSPS) is 12.1. The maximum Gasteiger partial charge on any atom is 0.153 e. The van der Waals surface area contributed by atoms with Crippen molar-refractivity contribution in [2.24, 2.45) is 0 Å². The molecule has 6 heterocycles. The van der Waals surface area contributed by atoms with Gasteiger partial charge in [0.05, 0.1) is 33.1 Å². The number of aromatic nitrogens is 5. The van der Waals surface area contributed by atoms with Crippen LogP contribution in [0, 0.1) is 0 Å². The summed E-state index contributed by atoms with van der Waals surface area (Å²) in [6.07, 6.45) is 5.69. The number of furan rings is 1. The van der Waals surface area contributed by atoms with Crippen LogP contribution in [0.3, 0.4) is 0 Å². The Morgan fingerprint density at radius 2 is 0.828 bits per heavy atom. The van der Waals surface area contributed by atoms with Gasteiger partial charge in [-0.25, -0.2) is 0 Å². The van der Waals surface area contributed by atoms with Crippen LogP contribution in [0.4, 0.5) is 0 Å². The third-order valence-corrected chi connectivity index (χ3v) is 13.2. The maximum atomic E-state index is 6.11. The van der Waals surface area contributed by atoms with Crippen LogP contribution >= 0.6 is 0 Å². The van der Waals surface area contributed by atoms with E-state index in [2.05, 4.69) is 206 Å². The van der Waals surface area contributed by atoms with Crippen LogP contribution in [-0.2, 0) is 0 Å². The molecule has 0 atom stereocenters. The third-order valence-electron chi connectivity index (χ3n) is 13.2. The zero-order valence-electron chi connectivity index (χ0n) is 34.4. The highest BCUT2D eigenvalue weighted by Gasteiger charge is 2.19. The van der Waals surface area contributed by atoms with Crippen molar-refractivity contribution in [2.75, 3.05) is 0 Å². The summed E-state index contributed by atoms with van der Waals surface area (Å²) in [5, 5.41) is 8.21. The second-order valence-electron chi connectivity index (χ2n) is 16.6. The van der Waals surface area contributed by atoms with E-state index in [-0.39, 0.29) is 0 Å². The van der Waals surface area contributed by atoms with Gasteiger partial charge in [-0.1, -0.05) is 91.0 Å². The Kier molecular flexibility index (Phi) is 7.30. The summed E-state index contributed by atoms with van der Waals surface area (Å²) in [7, 11) is 0. The fourth-order valence-corrected chi connectivity index (χ4v) is 10.3. The van der Waals surface area contributed by atoms with Crippen molar-refractivity contribution in [3.63, 3.8) is 0 Å². The zero-order valence-corrected chi connectivity index (χ0v) is 34.4. The number of pyridine rings is 2. The van der Waals surface area contributed by atoms with Crippen molar-refractivity contribution in [3.8, 4) is 39.3 Å². The highest BCUT2D eigenvalue weighted by atomic mass is 16.3. The van der Waals surface area contributed by atoms with Crippen LogP contribution in [0.2, 0.25) is 0 Å². The Bertz CT molecular complexity index is 4190. The van der Waals surface area contributed by atoms with Gasteiger partial charge >= 0.3 is 0 Å². The van der Waals surface area contributed by atoms with Crippen LogP contribution in [-0.4, -0.2) is 23.7 Å². The molecule has 0 amide bonds. The molecule has 0 unspecified atom stereocenters. The molecule has 6 heteroatoms. The monoisotopic (exact) mass is 817 g/mol. The van der Waals surface area contributed by atoms with Crippen molar-refractivity contribution in [1.29, 1.82) is 0 Å². The molecule has 6 aromatic heterocycles. The summed E-state index contributed by atoms with van der Waals surface area (Å²) in [5.74, 6) is 0. The van der Waals surface area contributed by atoms with E-state index in [9.17, 15) is 0 Å². The Morgan fingerprint density at radius 1 is 0.312 bits per heavy atom. The Morgan fingerprint density at radius 3 is 1.50 bits per heavy atom. The number of hydrogen-bond acceptors (Lipinski definition) is 3. The minimum absolute atomic E-state index is 0.799. The molecule has 0 saturated carbocycles. The molecule has 8 aromatic carbocycles. The van der Waals surface area contributed by atoms with Gasteiger partial charge < -0.3 is 18.1 Å². The molecule has 14 aromatic rings. The number of nitrogens with zero attached hydrogens (tertiary/aromatic N) is 5. The van der Waals surface area contributed by atoms with Crippen molar-refractivity contribution in [2.45, 2.75) is 0 Å². The van der Waals surface area contributed by atoms with Gasteiger partial charge in [-0.3, -0.25) is 9.97 Å². The fourth-order valence-electron chi connectivity index (χ4n) is 10.3. The van der Waals surface area contributed by atoms with E-state index in [0.29, 0.717) is 0 Å². The van der Waals surface area contributed by atoms with E-state index < -0.39 is 0 Å². The predicted octanol–water partition coefficient (Wildman–Crippen LogP) is 15.0. The van der Waals surface area contributed by atoms with E-state index >= 15 is 0 Å². The highest BCUT2D eigenvalue weighted by Crippen LogP contribution is 2.40. The van der Waals surface area contributed by atoms with Crippen molar-refractivity contribution >= 4 is 87.5 Å². The van der Waals surface area contributed by atoms with Crippen LogP contribution in [0.5, 0.6) is 0 Å². The summed E-state index contributed by atoms with van der Waals surface area (Å²) in [6.45, 7) is 0. The van der Waals surface area contributed by atoms with Gasteiger partial charge in [-0.15, -0.1) is 0 Å². The molecule has 6 nitrogen and oxygen atoms in total. The minimum Gasteiger partial charge on any atom is -0.454 e. The Labute approximate surface area is 366 Å². The molecule has 64 heavy (non-hydrogen) atoms. The molecule has 0 saturated heterocycles. The first-order chi connectivity index (χ1) is 31.7. The summed E-state index contributed by atoms with van der Waals surface area (Å²) < 4.78 is 13.2. The number of rotatable bonds is 5. The largest absolute Gasteiger partial charge is 0.454 e. The molecule has 14 rings (SSSR count). The van der Waals surface area contributed by atoms with Gasteiger partial charge in [0.2, 0.25) is 0 Å². The lowest BCUT2D eigenvalue weighted by Gasteiger charge is -2.11. The van der Waals surface area contributed by atoms with Crippen molar-refractivity contribution in [1.82, 2.24) is 23.7 Å². The van der Waals surface area contributed by atoms with Gasteiger partial charge in [0.1, 0.15) is 11.1 Å². The number of benzene rings is 8. The molecule has 0 aliphatic heterocycles. The van der Waals surface area contributed by atoms with Crippen molar-refractivity contribution < 1.29 is 4.42 Å². The van der Waals surface area contributed by atoms with Gasteiger partial charge in [0.15, 0.2) is 5.58 Å².